The van der Waals surface area contributed by atoms with E-state index in [4.69, 9.17) is 0 Å². The molecule has 0 aliphatic heterocycles. The lowest BCUT2D eigenvalue weighted by molar-refractivity contribution is 0.415. The lowest BCUT2D eigenvalue weighted by atomic mass is 10.1. The van der Waals surface area contributed by atoms with Crippen LogP contribution in [0.15, 0.2) is 17.1 Å². The third-order valence-electron chi connectivity index (χ3n) is 3.23. The summed E-state index contributed by atoms with van der Waals surface area (Å²) in [5.41, 5.74) is 0.815. The second-order valence-electron chi connectivity index (χ2n) is 5.21. The molecule has 94 valence electrons. The van der Waals surface area contributed by atoms with Crippen LogP contribution in [0.2, 0.25) is 0 Å². The summed E-state index contributed by atoms with van der Waals surface area (Å²) in [7, 11) is 0. The molecule has 0 aromatic carbocycles. The third-order valence-corrected chi connectivity index (χ3v) is 3.23. The fraction of sp³-hybridized carbons (Fsp3) is 0.692. The smallest absolute Gasteiger partial charge is 0.268 e. The molecule has 1 aliphatic rings. The minimum atomic E-state index is 0.00236. The molecule has 1 aliphatic carbocycles. The van der Waals surface area contributed by atoms with Crippen molar-refractivity contribution in [3.63, 3.8) is 0 Å². The van der Waals surface area contributed by atoms with Crippen molar-refractivity contribution in [3.8, 4) is 0 Å². The van der Waals surface area contributed by atoms with Gasteiger partial charge in [0.15, 0.2) is 0 Å². The van der Waals surface area contributed by atoms with Crippen LogP contribution in [-0.4, -0.2) is 15.8 Å². The fourth-order valence-corrected chi connectivity index (χ4v) is 2.42. The first-order valence-electron chi connectivity index (χ1n) is 6.49. The van der Waals surface area contributed by atoms with Crippen LogP contribution in [0, 0.1) is 5.92 Å². The zero-order valence-corrected chi connectivity index (χ0v) is 10.6. The predicted octanol–water partition coefficient (Wildman–Crippen LogP) is 2.25. The van der Waals surface area contributed by atoms with E-state index < -0.39 is 0 Å². The van der Waals surface area contributed by atoms with Gasteiger partial charge < -0.3 is 5.32 Å². The van der Waals surface area contributed by atoms with Gasteiger partial charge in [-0.3, -0.25) is 4.79 Å². The third kappa shape index (κ3) is 3.32. The van der Waals surface area contributed by atoms with Crippen molar-refractivity contribution in [2.45, 2.75) is 52.1 Å². The van der Waals surface area contributed by atoms with E-state index in [0.29, 0.717) is 12.0 Å². The lowest BCUT2D eigenvalue weighted by Crippen LogP contribution is -2.26. The Balaban J connectivity index is 2.05. The minimum absolute atomic E-state index is 0.00236. The monoisotopic (exact) mass is 235 g/mol. The number of anilines is 1. The summed E-state index contributed by atoms with van der Waals surface area (Å²) in [6.07, 6.45) is 6.81. The van der Waals surface area contributed by atoms with E-state index in [9.17, 15) is 4.79 Å². The first kappa shape index (κ1) is 12.1. The standard InChI is InChI=1S/C13H21N3O/c1-10(2)15-12-7-13(17)16(14-8-12)9-11-5-3-4-6-11/h7-8,10-11,15H,3-6,9H2,1-2H3. The average molecular weight is 235 g/mol. The van der Waals surface area contributed by atoms with Crippen molar-refractivity contribution in [1.29, 1.82) is 0 Å². The van der Waals surface area contributed by atoms with Crippen molar-refractivity contribution in [2.75, 3.05) is 5.32 Å². The van der Waals surface area contributed by atoms with Crippen LogP contribution in [-0.2, 0) is 6.54 Å². The van der Waals surface area contributed by atoms with Gasteiger partial charge in [-0.1, -0.05) is 12.8 Å². The highest BCUT2D eigenvalue weighted by Crippen LogP contribution is 2.25. The first-order valence-corrected chi connectivity index (χ1v) is 6.49. The second-order valence-corrected chi connectivity index (χ2v) is 5.21. The van der Waals surface area contributed by atoms with E-state index in [1.165, 1.54) is 25.7 Å². The molecule has 0 bridgehead atoms. The fourth-order valence-electron chi connectivity index (χ4n) is 2.42. The van der Waals surface area contributed by atoms with Gasteiger partial charge >= 0.3 is 0 Å². The van der Waals surface area contributed by atoms with Crippen LogP contribution in [0.25, 0.3) is 0 Å². The Labute approximate surface area is 102 Å². The largest absolute Gasteiger partial charge is 0.381 e. The Morgan fingerprint density at radius 1 is 1.47 bits per heavy atom. The Bertz CT molecular complexity index is 419. The van der Waals surface area contributed by atoms with Crippen LogP contribution in [0.1, 0.15) is 39.5 Å². The SMILES string of the molecule is CC(C)Nc1cnn(CC2CCCC2)c(=O)c1. The highest BCUT2D eigenvalue weighted by Gasteiger charge is 2.16. The molecule has 17 heavy (non-hydrogen) atoms. The van der Waals surface area contributed by atoms with E-state index >= 15 is 0 Å². The van der Waals surface area contributed by atoms with Gasteiger partial charge in [-0.25, -0.2) is 4.68 Å². The maximum atomic E-state index is 11.9. The summed E-state index contributed by atoms with van der Waals surface area (Å²) in [5, 5.41) is 7.43. The van der Waals surface area contributed by atoms with Crippen LogP contribution in [0.4, 0.5) is 5.69 Å². The summed E-state index contributed by atoms with van der Waals surface area (Å²) in [6.45, 7) is 4.87. The molecule has 0 radical (unpaired) electrons. The molecule has 1 N–H and O–H groups in total. The number of rotatable bonds is 4. The molecule has 0 saturated heterocycles. The lowest BCUT2D eigenvalue weighted by Gasteiger charge is -2.12. The van der Waals surface area contributed by atoms with Crippen molar-refractivity contribution in [1.82, 2.24) is 9.78 Å². The molecule has 1 fully saturated rings. The zero-order chi connectivity index (χ0) is 12.3. The summed E-state index contributed by atoms with van der Waals surface area (Å²) in [6, 6.07) is 1.96. The highest BCUT2D eigenvalue weighted by molar-refractivity contribution is 5.39. The second kappa shape index (κ2) is 5.34. The van der Waals surface area contributed by atoms with Crippen LogP contribution in [0.3, 0.4) is 0 Å². The molecule has 1 heterocycles. The number of hydrogen-bond donors (Lipinski definition) is 1. The van der Waals surface area contributed by atoms with Gasteiger partial charge in [0, 0.05) is 18.7 Å². The maximum Gasteiger partial charge on any atom is 0.268 e. The molecule has 0 unspecified atom stereocenters. The molecule has 0 spiro atoms. The molecule has 4 heteroatoms. The Hall–Kier alpha value is -1.32. The summed E-state index contributed by atoms with van der Waals surface area (Å²) >= 11 is 0. The molecule has 4 nitrogen and oxygen atoms in total. The van der Waals surface area contributed by atoms with Gasteiger partial charge in [-0.15, -0.1) is 0 Å². The Kier molecular flexibility index (Phi) is 3.82. The molecule has 1 aromatic heterocycles. The van der Waals surface area contributed by atoms with Crippen molar-refractivity contribution < 1.29 is 0 Å². The van der Waals surface area contributed by atoms with E-state index in [1.807, 2.05) is 13.8 Å². The van der Waals surface area contributed by atoms with Crippen LogP contribution in [0.5, 0.6) is 0 Å². The molecule has 0 atom stereocenters. The summed E-state index contributed by atoms with van der Waals surface area (Å²) in [5.74, 6) is 0.643. The number of hydrogen-bond acceptors (Lipinski definition) is 3. The van der Waals surface area contributed by atoms with E-state index in [0.717, 1.165) is 12.2 Å². The van der Waals surface area contributed by atoms with Crippen molar-refractivity contribution in [2.24, 2.45) is 5.92 Å². The van der Waals surface area contributed by atoms with Gasteiger partial charge in [0.2, 0.25) is 0 Å². The average Bonchev–Trinajstić information content (AvgIpc) is 2.74. The van der Waals surface area contributed by atoms with E-state index in [1.54, 1.807) is 16.9 Å². The quantitative estimate of drug-likeness (QED) is 0.870. The van der Waals surface area contributed by atoms with Gasteiger partial charge in [0.05, 0.1) is 11.9 Å². The van der Waals surface area contributed by atoms with Crippen LogP contribution < -0.4 is 10.9 Å². The summed E-state index contributed by atoms with van der Waals surface area (Å²) < 4.78 is 1.60. The highest BCUT2D eigenvalue weighted by atomic mass is 16.1. The molecule has 1 aromatic rings. The minimum Gasteiger partial charge on any atom is -0.381 e. The van der Waals surface area contributed by atoms with Crippen LogP contribution >= 0.6 is 0 Å². The van der Waals surface area contributed by atoms with E-state index in [-0.39, 0.29) is 5.56 Å². The molecular formula is C13H21N3O. The van der Waals surface area contributed by atoms with Gasteiger partial charge in [-0.05, 0) is 32.6 Å². The van der Waals surface area contributed by atoms with E-state index in [2.05, 4.69) is 10.4 Å². The van der Waals surface area contributed by atoms with Gasteiger partial charge in [0.1, 0.15) is 0 Å². The predicted molar refractivity (Wildman–Crippen MR) is 69.2 cm³/mol. The Morgan fingerprint density at radius 3 is 2.76 bits per heavy atom. The Morgan fingerprint density at radius 2 is 2.18 bits per heavy atom. The molecule has 0 amide bonds. The van der Waals surface area contributed by atoms with Gasteiger partial charge in [-0.2, -0.15) is 5.10 Å². The number of nitrogens with one attached hydrogen (secondary N) is 1. The zero-order valence-electron chi connectivity index (χ0n) is 10.6. The first-order chi connectivity index (χ1) is 8.15. The van der Waals surface area contributed by atoms with Gasteiger partial charge in [0.25, 0.3) is 5.56 Å². The molecule has 1 saturated carbocycles. The topological polar surface area (TPSA) is 46.9 Å². The van der Waals surface area contributed by atoms with Crippen molar-refractivity contribution >= 4 is 5.69 Å². The number of aromatic nitrogens is 2. The molecule has 2 rings (SSSR count). The molecular weight excluding hydrogens is 214 g/mol. The summed E-state index contributed by atoms with van der Waals surface area (Å²) in [4.78, 5) is 11.9. The number of nitrogens with zero attached hydrogens (tertiary/aromatic N) is 2. The van der Waals surface area contributed by atoms with Crippen molar-refractivity contribution in [3.05, 3.63) is 22.6 Å². The normalized spacial score (nSPS) is 16.6. The maximum absolute atomic E-state index is 11.9.